The van der Waals surface area contributed by atoms with Crippen molar-refractivity contribution >= 4 is 11.6 Å². The SMILES string of the molecule is [2H]C([2H])(F)OC[C@H](CC(C)C)NC(=O)c1ccc(N2CC(OC)C2)c(OCC2CC2)n1. The molecule has 7 nitrogen and oxygen atoms in total. The molecular formula is C21H32FN3O4. The minimum Gasteiger partial charge on any atom is -0.476 e. The lowest BCUT2D eigenvalue weighted by atomic mass is 10.0. The third kappa shape index (κ3) is 6.27. The number of halogens is 1. The first-order chi connectivity index (χ1) is 14.6. The number of nitrogens with one attached hydrogen (secondary N) is 1. The number of amides is 1. The van der Waals surface area contributed by atoms with Gasteiger partial charge in [-0.05, 0) is 43.2 Å². The quantitative estimate of drug-likeness (QED) is 0.570. The molecule has 162 valence electrons. The highest BCUT2D eigenvalue weighted by molar-refractivity contribution is 5.93. The van der Waals surface area contributed by atoms with Gasteiger partial charge in [0, 0.05) is 20.2 Å². The summed E-state index contributed by atoms with van der Waals surface area (Å²) in [5, 5.41) is 2.79. The number of carbonyl (C=O) groups excluding carboxylic acids is 1. The van der Waals surface area contributed by atoms with Gasteiger partial charge in [-0.2, -0.15) is 0 Å². The van der Waals surface area contributed by atoms with E-state index in [0.717, 1.165) is 31.6 Å². The molecule has 3 rings (SSSR count). The minimum absolute atomic E-state index is 0.174. The molecule has 0 bridgehead atoms. The van der Waals surface area contributed by atoms with Gasteiger partial charge >= 0.3 is 0 Å². The monoisotopic (exact) mass is 411 g/mol. The molecule has 0 aromatic carbocycles. The maximum atomic E-state index is 13.1. The van der Waals surface area contributed by atoms with Crippen molar-refractivity contribution in [2.45, 2.75) is 45.3 Å². The molecule has 8 heteroatoms. The highest BCUT2D eigenvalue weighted by atomic mass is 19.1. The molecule has 2 heterocycles. The molecule has 1 atom stereocenters. The van der Waals surface area contributed by atoms with Gasteiger partial charge in [0.1, 0.15) is 11.4 Å². The summed E-state index contributed by atoms with van der Waals surface area (Å²) < 4.78 is 42.8. The van der Waals surface area contributed by atoms with Crippen molar-refractivity contribution in [2.75, 3.05) is 45.1 Å². The maximum absolute atomic E-state index is 13.1. The molecule has 1 aromatic rings. The second kappa shape index (κ2) is 10.2. The molecular weight excluding hydrogens is 377 g/mol. The molecule has 1 aliphatic carbocycles. The Hall–Kier alpha value is -1.93. The van der Waals surface area contributed by atoms with E-state index >= 15 is 0 Å². The number of alkyl halides is 1. The Morgan fingerprint density at radius 3 is 2.79 bits per heavy atom. The van der Waals surface area contributed by atoms with Crippen molar-refractivity contribution in [2.24, 2.45) is 11.8 Å². The molecule has 1 amide bonds. The van der Waals surface area contributed by atoms with Gasteiger partial charge in [-0.1, -0.05) is 13.8 Å². The fourth-order valence-corrected chi connectivity index (χ4v) is 3.30. The van der Waals surface area contributed by atoms with Gasteiger partial charge in [-0.15, -0.1) is 0 Å². The van der Waals surface area contributed by atoms with E-state index in [-0.39, 0.29) is 24.3 Å². The molecule has 0 unspecified atom stereocenters. The first kappa shape index (κ1) is 19.1. The smallest absolute Gasteiger partial charge is 0.270 e. The normalized spacial score (nSPS) is 19.4. The summed E-state index contributed by atoms with van der Waals surface area (Å²) in [6, 6.07) is 2.91. The predicted molar refractivity (Wildman–Crippen MR) is 108 cm³/mol. The third-order valence-electron chi connectivity index (χ3n) is 5.18. The second-order valence-electron chi connectivity index (χ2n) is 8.23. The fourth-order valence-electron chi connectivity index (χ4n) is 3.30. The molecule has 29 heavy (non-hydrogen) atoms. The summed E-state index contributed by atoms with van der Waals surface area (Å²) in [5.74, 6) is 0.728. The Labute approximate surface area is 174 Å². The summed E-state index contributed by atoms with van der Waals surface area (Å²) in [5.41, 5.74) is 1.02. The number of nitrogens with zero attached hydrogens (tertiary/aromatic N) is 2. The number of pyridine rings is 1. The van der Waals surface area contributed by atoms with Crippen LogP contribution in [-0.2, 0) is 9.47 Å². The average Bonchev–Trinajstić information content (AvgIpc) is 3.47. The Balaban J connectivity index is 1.70. The Bertz CT molecular complexity index is 753. The second-order valence-corrected chi connectivity index (χ2v) is 8.23. The van der Waals surface area contributed by atoms with E-state index in [9.17, 15) is 9.18 Å². The summed E-state index contributed by atoms with van der Waals surface area (Å²) in [6.45, 7) is 2.44. The van der Waals surface area contributed by atoms with Crippen molar-refractivity contribution in [3.63, 3.8) is 0 Å². The van der Waals surface area contributed by atoms with Gasteiger partial charge in [-0.25, -0.2) is 9.37 Å². The van der Waals surface area contributed by atoms with Crippen molar-refractivity contribution in [3.8, 4) is 5.88 Å². The zero-order chi connectivity index (χ0) is 22.6. The topological polar surface area (TPSA) is 72.9 Å². The lowest BCUT2D eigenvalue weighted by molar-refractivity contribution is 0.0385. The van der Waals surface area contributed by atoms with Crippen molar-refractivity contribution in [3.05, 3.63) is 17.8 Å². The Morgan fingerprint density at radius 2 is 2.17 bits per heavy atom. The molecule has 1 aliphatic heterocycles. The minimum atomic E-state index is -3.25. The van der Waals surface area contributed by atoms with Crippen LogP contribution in [0.25, 0.3) is 0 Å². The van der Waals surface area contributed by atoms with Gasteiger partial charge in [0.2, 0.25) is 5.88 Å². The number of ether oxygens (including phenoxy) is 3. The first-order valence-electron chi connectivity index (χ1n) is 11.2. The maximum Gasteiger partial charge on any atom is 0.270 e. The van der Waals surface area contributed by atoms with E-state index < -0.39 is 18.8 Å². The molecule has 1 aromatic heterocycles. The first-order valence-corrected chi connectivity index (χ1v) is 10.2. The number of hydrogen-bond acceptors (Lipinski definition) is 6. The van der Waals surface area contributed by atoms with Crippen molar-refractivity contribution < 1.29 is 26.1 Å². The number of hydrogen-bond donors (Lipinski definition) is 1. The Kier molecular flexibility index (Phi) is 6.71. The molecule has 1 saturated heterocycles. The van der Waals surface area contributed by atoms with Crippen molar-refractivity contribution in [1.29, 1.82) is 0 Å². The number of anilines is 1. The van der Waals surface area contributed by atoms with E-state index in [1.54, 1.807) is 13.2 Å². The molecule has 0 radical (unpaired) electrons. The lowest BCUT2D eigenvalue weighted by Crippen LogP contribution is -2.52. The van der Waals surface area contributed by atoms with Gasteiger partial charge in [0.25, 0.3) is 5.91 Å². The van der Waals surface area contributed by atoms with E-state index in [1.165, 1.54) is 0 Å². The van der Waals surface area contributed by atoms with Gasteiger partial charge in [-0.3, -0.25) is 4.79 Å². The largest absolute Gasteiger partial charge is 0.476 e. The lowest BCUT2D eigenvalue weighted by Gasteiger charge is -2.40. The standard InChI is InChI=1S/C21H32FN3O4/c1-14(2)8-16(12-28-13-22)23-20(26)18-6-7-19(25-9-17(10-25)27-3)21(24-18)29-11-15-4-5-15/h6-7,14-17H,4-5,8-13H2,1-3H3,(H,23,26)/t16-/m0/s1/i13D2. The highest BCUT2D eigenvalue weighted by Crippen LogP contribution is 2.34. The van der Waals surface area contributed by atoms with Crippen LogP contribution in [0.3, 0.4) is 0 Å². The van der Waals surface area contributed by atoms with Crippen LogP contribution in [0.2, 0.25) is 0 Å². The van der Waals surface area contributed by atoms with Gasteiger partial charge in [0.05, 0.1) is 28.1 Å². The fraction of sp³-hybridized carbons (Fsp3) is 0.714. The number of carbonyl (C=O) groups is 1. The van der Waals surface area contributed by atoms with Crippen LogP contribution in [0, 0.1) is 11.8 Å². The summed E-state index contributed by atoms with van der Waals surface area (Å²) >= 11 is 0. The zero-order valence-electron chi connectivity index (χ0n) is 19.3. The van der Waals surface area contributed by atoms with Crippen LogP contribution >= 0.6 is 0 Å². The molecule has 2 aliphatic rings. The van der Waals surface area contributed by atoms with Crippen LogP contribution in [0.1, 0.15) is 46.3 Å². The number of aromatic nitrogens is 1. The van der Waals surface area contributed by atoms with Crippen LogP contribution in [0.15, 0.2) is 12.1 Å². The van der Waals surface area contributed by atoms with Crippen LogP contribution in [-0.4, -0.2) is 63.3 Å². The number of methoxy groups -OCH3 is 1. The molecule has 2 fully saturated rings. The van der Waals surface area contributed by atoms with Crippen LogP contribution < -0.4 is 15.0 Å². The third-order valence-corrected chi connectivity index (χ3v) is 5.18. The number of rotatable bonds is 12. The molecule has 0 spiro atoms. The molecule has 1 N–H and O–H groups in total. The predicted octanol–water partition coefficient (Wildman–Crippen LogP) is 2.79. The Morgan fingerprint density at radius 1 is 1.41 bits per heavy atom. The van der Waals surface area contributed by atoms with Gasteiger partial charge < -0.3 is 24.4 Å². The zero-order valence-corrected chi connectivity index (χ0v) is 17.3. The van der Waals surface area contributed by atoms with Crippen LogP contribution in [0.5, 0.6) is 5.88 Å². The van der Waals surface area contributed by atoms with E-state index in [2.05, 4.69) is 19.9 Å². The van der Waals surface area contributed by atoms with E-state index in [1.807, 2.05) is 19.9 Å². The summed E-state index contributed by atoms with van der Waals surface area (Å²) in [6.07, 6.45) is 2.97. The summed E-state index contributed by atoms with van der Waals surface area (Å²) in [7, 11) is 1.68. The van der Waals surface area contributed by atoms with Crippen molar-refractivity contribution in [1.82, 2.24) is 10.3 Å². The van der Waals surface area contributed by atoms with E-state index in [0.29, 0.717) is 24.8 Å². The van der Waals surface area contributed by atoms with Crippen LogP contribution in [0.4, 0.5) is 10.1 Å². The summed E-state index contributed by atoms with van der Waals surface area (Å²) in [4.78, 5) is 19.4. The van der Waals surface area contributed by atoms with Gasteiger partial charge in [0.15, 0.2) is 6.81 Å². The molecule has 1 saturated carbocycles. The highest BCUT2D eigenvalue weighted by Gasteiger charge is 2.31. The van der Waals surface area contributed by atoms with E-state index in [4.69, 9.17) is 12.2 Å². The average molecular weight is 412 g/mol.